The molecule has 0 aliphatic carbocycles. The third kappa shape index (κ3) is 2.94. The first-order valence-corrected chi connectivity index (χ1v) is 5.88. The second-order valence-corrected chi connectivity index (χ2v) is 4.42. The Morgan fingerprint density at radius 3 is 3.06 bits per heavy atom. The number of carbonyl (C=O) groups excluding carboxylic acids is 1. The van der Waals surface area contributed by atoms with E-state index in [2.05, 4.69) is 15.5 Å². The van der Waals surface area contributed by atoms with Crippen LogP contribution in [0.2, 0.25) is 0 Å². The Balaban J connectivity index is 2.03. The molecular formula is C13H16N4O. The number of amides is 1. The first kappa shape index (κ1) is 12.3. The number of nitrogens with one attached hydrogen (secondary N) is 1. The third-order valence-corrected chi connectivity index (χ3v) is 2.40. The van der Waals surface area contributed by atoms with Crippen LogP contribution >= 0.6 is 0 Å². The minimum absolute atomic E-state index is 0.157. The molecule has 0 radical (unpaired) electrons. The van der Waals surface area contributed by atoms with E-state index >= 15 is 0 Å². The fourth-order valence-electron chi connectivity index (χ4n) is 1.58. The average Bonchev–Trinajstić information content (AvgIpc) is 2.72. The standard InChI is InChI=1S/C13H16N4O/c1-10(2)7-15-16-13(18)8-17-9-14-11-5-3-4-6-12(11)17/h3-7,9-10H,8H2,1-2H3,(H,16,18)/b15-7+. The SMILES string of the molecule is CC(C)/C=N/NC(=O)Cn1cnc2ccccc21. The molecule has 1 aromatic carbocycles. The zero-order valence-electron chi connectivity index (χ0n) is 10.5. The maximum atomic E-state index is 11.7. The molecule has 0 fully saturated rings. The number of hydrogen-bond donors (Lipinski definition) is 1. The summed E-state index contributed by atoms with van der Waals surface area (Å²) in [5.41, 5.74) is 4.33. The molecule has 0 saturated carbocycles. The largest absolute Gasteiger partial charge is 0.321 e. The maximum absolute atomic E-state index is 11.7. The first-order chi connectivity index (χ1) is 8.66. The average molecular weight is 244 g/mol. The lowest BCUT2D eigenvalue weighted by molar-refractivity contribution is -0.121. The van der Waals surface area contributed by atoms with E-state index < -0.39 is 0 Å². The van der Waals surface area contributed by atoms with Gasteiger partial charge in [-0.15, -0.1) is 0 Å². The van der Waals surface area contributed by atoms with Crippen molar-refractivity contribution in [1.82, 2.24) is 15.0 Å². The van der Waals surface area contributed by atoms with E-state index in [9.17, 15) is 4.79 Å². The molecule has 1 aromatic heterocycles. The summed E-state index contributed by atoms with van der Waals surface area (Å²) in [7, 11) is 0. The molecule has 0 aliphatic heterocycles. The summed E-state index contributed by atoms with van der Waals surface area (Å²) >= 11 is 0. The van der Waals surface area contributed by atoms with E-state index in [4.69, 9.17) is 0 Å². The first-order valence-electron chi connectivity index (χ1n) is 5.88. The van der Waals surface area contributed by atoms with Gasteiger partial charge in [0.15, 0.2) is 0 Å². The Labute approximate surface area is 106 Å². The predicted octanol–water partition coefficient (Wildman–Crippen LogP) is 1.79. The molecule has 2 rings (SSSR count). The summed E-state index contributed by atoms with van der Waals surface area (Å²) in [5, 5.41) is 3.87. The van der Waals surface area contributed by atoms with Gasteiger partial charge in [-0.25, -0.2) is 10.4 Å². The zero-order valence-corrected chi connectivity index (χ0v) is 10.5. The van der Waals surface area contributed by atoms with Gasteiger partial charge in [-0.1, -0.05) is 26.0 Å². The topological polar surface area (TPSA) is 59.3 Å². The lowest BCUT2D eigenvalue weighted by Gasteiger charge is -2.03. The van der Waals surface area contributed by atoms with Gasteiger partial charge < -0.3 is 4.57 Å². The molecule has 0 unspecified atom stereocenters. The van der Waals surface area contributed by atoms with E-state index in [1.807, 2.05) is 38.1 Å². The quantitative estimate of drug-likeness (QED) is 0.658. The lowest BCUT2D eigenvalue weighted by Crippen LogP contribution is -2.23. The Hall–Kier alpha value is -2.17. The molecule has 0 atom stereocenters. The van der Waals surface area contributed by atoms with Crippen LogP contribution < -0.4 is 5.43 Å². The van der Waals surface area contributed by atoms with Crippen LogP contribution in [0.5, 0.6) is 0 Å². The summed E-state index contributed by atoms with van der Waals surface area (Å²) in [5.74, 6) is 0.162. The molecule has 1 amide bonds. The Morgan fingerprint density at radius 2 is 2.28 bits per heavy atom. The van der Waals surface area contributed by atoms with Gasteiger partial charge in [0.05, 0.1) is 17.4 Å². The fourth-order valence-corrected chi connectivity index (χ4v) is 1.58. The van der Waals surface area contributed by atoms with E-state index in [0.29, 0.717) is 5.92 Å². The highest BCUT2D eigenvalue weighted by Gasteiger charge is 2.05. The van der Waals surface area contributed by atoms with Crippen molar-refractivity contribution in [2.24, 2.45) is 11.0 Å². The highest BCUT2D eigenvalue weighted by Crippen LogP contribution is 2.11. The number of benzene rings is 1. The normalized spacial score (nSPS) is 11.5. The van der Waals surface area contributed by atoms with Crippen molar-refractivity contribution in [3.8, 4) is 0 Å². The van der Waals surface area contributed by atoms with Crippen molar-refractivity contribution in [2.75, 3.05) is 0 Å². The van der Waals surface area contributed by atoms with E-state index in [1.54, 1.807) is 17.1 Å². The number of carbonyl (C=O) groups is 1. The molecule has 2 aromatic rings. The number of hydrogen-bond acceptors (Lipinski definition) is 3. The Morgan fingerprint density at radius 1 is 1.50 bits per heavy atom. The molecule has 1 N–H and O–H groups in total. The van der Waals surface area contributed by atoms with Crippen LogP contribution in [0.25, 0.3) is 11.0 Å². The predicted molar refractivity (Wildman–Crippen MR) is 71.2 cm³/mol. The minimum Gasteiger partial charge on any atom is -0.321 e. The van der Waals surface area contributed by atoms with Gasteiger partial charge in [0.1, 0.15) is 6.54 Å². The van der Waals surface area contributed by atoms with Crippen LogP contribution in [0.1, 0.15) is 13.8 Å². The molecule has 0 bridgehead atoms. The van der Waals surface area contributed by atoms with Crippen LogP contribution in [0, 0.1) is 5.92 Å². The van der Waals surface area contributed by atoms with Gasteiger partial charge in [-0.3, -0.25) is 4.79 Å². The summed E-state index contributed by atoms with van der Waals surface area (Å²) in [6, 6.07) is 7.70. The molecule has 0 aliphatic rings. The number of fused-ring (bicyclic) bond motifs is 1. The summed E-state index contributed by atoms with van der Waals surface area (Å²) < 4.78 is 1.80. The van der Waals surface area contributed by atoms with Crippen LogP contribution in [-0.4, -0.2) is 21.7 Å². The zero-order chi connectivity index (χ0) is 13.0. The minimum atomic E-state index is -0.157. The Kier molecular flexibility index (Phi) is 3.72. The second-order valence-electron chi connectivity index (χ2n) is 4.42. The van der Waals surface area contributed by atoms with Crippen molar-refractivity contribution in [3.63, 3.8) is 0 Å². The van der Waals surface area contributed by atoms with Crippen molar-refractivity contribution in [1.29, 1.82) is 0 Å². The maximum Gasteiger partial charge on any atom is 0.260 e. The van der Waals surface area contributed by atoms with Gasteiger partial charge in [0.2, 0.25) is 0 Å². The molecule has 1 heterocycles. The van der Waals surface area contributed by atoms with Gasteiger partial charge in [-0.05, 0) is 18.1 Å². The Bertz CT molecular complexity index is 571. The van der Waals surface area contributed by atoms with E-state index in [1.165, 1.54) is 0 Å². The fraction of sp³-hybridized carbons (Fsp3) is 0.308. The van der Waals surface area contributed by atoms with E-state index in [0.717, 1.165) is 11.0 Å². The van der Waals surface area contributed by atoms with E-state index in [-0.39, 0.29) is 12.5 Å². The molecule has 5 nitrogen and oxygen atoms in total. The van der Waals surface area contributed by atoms with Crippen LogP contribution in [-0.2, 0) is 11.3 Å². The van der Waals surface area contributed by atoms with Crippen LogP contribution in [0.15, 0.2) is 35.7 Å². The van der Waals surface area contributed by atoms with Gasteiger partial charge in [0, 0.05) is 6.21 Å². The number of hydrazone groups is 1. The summed E-state index contributed by atoms with van der Waals surface area (Å²) in [6.07, 6.45) is 3.36. The summed E-state index contributed by atoms with van der Waals surface area (Å²) in [6.45, 7) is 4.22. The monoisotopic (exact) mass is 244 g/mol. The van der Waals surface area contributed by atoms with Crippen molar-refractivity contribution in [3.05, 3.63) is 30.6 Å². The van der Waals surface area contributed by atoms with Gasteiger partial charge in [-0.2, -0.15) is 5.10 Å². The van der Waals surface area contributed by atoms with Gasteiger partial charge in [0.25, 0.3) is 5.91 Å². The highest BCUT2D eigenvalue weighted by molar-refractivity contribution is 5.80. The van der Waals surface area contributed by atoms with Gasteiger partial charge >= 0.3 is 0 Å². The molecule has 0 saturated heterocycles. The number of nitrogens with zero attached hydrogens (tertiary/aromatic N) is 3. The van der Waals surface area contributed by atoms with Crippen molar-refractivity contribution < 1.29 is 4.79 Å². The third-order valence-electron chi connectivity index (χ3n) is 2.40. The summed E-state index contributed by atoms with van der Waals surface area (Å²) in [4.78, 5) is 15.9. The molecule has 18 heavy (non-hydrogen) atoms. The smallest absolute Gasteiger partial charge is 0.260 e. The molecule has 94 valence electrons. The molecule has 0 spiro atoms. The van der Waals surface area contributed by atoms with Crippen LogP contribution in [0.3, 0.4) is 0 Å². The molecule has 5 heteroatoms. The number of rotatable bonds is 4. The lowest BCUT2D eigenvalue weighted by atomic mass is 10.3. The van der Waals surface area contributed by atoms with Crippen LogP contribution in [0.4, 0.5) is 0 Å². The number of imidazole rings is 1. The van der Waals surface area contributed by atoms with Crippen molar-refractivity contribution in [2.45, 2.75) is 20.4 Å². The number of para-hydroxylation sites is 2. The highest BCUT2D eigenvalue weighted by atomic mass is 16.2. The number of aromatic nitrogens is 2. The molecular weight excluding hydrogens is 228 g/mol. The van der Waals surface area contributed by atoms with Crippen molar-refractivity contribution >= 4 is 23.2 Å². The second kappa shape index (κ2) is 5.44.